The molecule has 3 heterocycles. The van der Waals surface area contributed by atoms with E-state index in [4.69, 9.17) is 4.74 Å². The number of amides is 1. The van der Waals surface area contributed by atoms with Crippen molar-refractivity contribution in [1.82, 2.24) is 25.1 Å². The first-order chi connectivity index (χ1) is 10.7. The van der Waals surface area contributed by atoms with Crippen molar-refractivity contribution in [1.29, 1.82) is 0 Å². The van der Waals surface area contributed by atoms with Crippen LogP contribution in [0.1, 0.15) is 40.6 Å². The van der Waals surface area contributed by atoms with Gasteiger partial charge in [-0.25, -0.2) is 4.98 Å². The Morgan fingerprint density at radius 2 is 2.32 bits per heavy atom. The Labute approximate surface area is 128 Å². The Kier molecular flexibility index (Phi) is 4.04. The largest absolute Gasteiger partial charge is 0.494 e. The Morgan fingerprint density at radius 1 is 1.45 bits per heavy atom. The fourth-order valence-corrected chi connectivity index (χ4v) is 2.84. The summed E-state index contributed by atoms with van der Waals surface area (Å²) >= 11 is 0. The van der Waals surface area contributed by atoms with Crippen LogP contribution in [0.25, 0.3) is 0 Å². The lowest BCUT2D eigenvalue weighted by atomic mass is 9.96. The first-order valence-electron chi connectivity index (χ1n) is 7.34. The maximum absolute atomic E-state index is 12.8. The topological polar surface area (TPSA) is 84.0 Å². The highest BCUT2D eigenvalue weighted by molar-refractivity contribution is 5.97. The van der Waals surface area contributed by atoms with Crippen molar-refractivity contribution in [3.8, 4) is 5.75 Å². The molecule has 7 nitrogen and oxygen atoms in total. The Bertz CT molecular complexity index is 656. The molecule has 1 aliphatic heterocycles. The molecule has 22 heavy (non-hydrogen) atoms. The number of nitrogens with zero attached hydrogens (tertiary/aromatic N) is 4. The fourth-order valence-electron chi connectivity index (χ4n) is 2.84. The number of piperidine rings is 1. The van der Waals surface area contributed by atoms with Crippen molar-refractivity contribution in [2.45, 2.75) is 25.7 Å². The second-order valence-electron chi connectivity index (χ2n) is 5.49. The minimum absolute atomic E-state index is 0.0217. The third kappa shape index (κ3) is 2.79. The van der Waals surface area contributed by atoms with Crippen LogP contribution in [0.3, 0.4) is 0 Å². The molecule has 0 aromatic carbocycles. The summed E-state index contributed by atoms with van der Waals surface area (Å²) in [5.74, 6) is 1.54. The number of hydrogen-bond acceptors (Lipinski definition) is 5. The highest BCUT2D eigenvalue weighted by atomic mass is 16.5. The Morgan fingerprint density at radius 3 is 3.05 bits per heavy atom. The number of ether oxygens (including phenoxy) is 1. The van der Waals surface area contributed by atoms with Gasteiger partial charge in [-0.3, -0.25) is 14.9 Å². The lowest BCUT2D eigenvalue weighted by Gasteiger charge is -2.32. The zero-order chi connectivity index (χ0) is 15.5. The van der Waals surface area contributed by atoms with Gasteiger partial charge in [-0.2, -0.15) is 5.10 Å². The van der Waals surface area contributed by atoms with E-state index in [1.165, 1.54) is 6.33 Å². The van der Waals surface area contributed by atoms with E-state index in [0.717, 1.165) is 30.9 Å². The summed E-state index contributed by atoms with van der Waals surface area (Å²) in [5, 5.41) is 6.80. The summed E-state index contributed by atoms with van der Waals surface area (Å²) < 4.78 is 5.27. The van der Waals surface area contributed by atoms with Crippen molar-refractivity contribution >= 4 is 5.91 Å². The summed E-state index contributed by atoms with van der Waals surface area (Å²) in [6, 6.07) is 1.78. The third-order valence-electron chi connectivity index (χ3n) is 3.98. The van der Waals surface area contributed by atoms with Gasteiger partial charge in [0.15, 0.2) is 0 Å². The average molecular weight is 301 g/mol. The number of H-pyrrole nitrogens is 1. The number of aromatic nitrogens is 4. The van der Waals surface area contributed by atoms with Crippen LogP contribution in [0.4, 0.5) is 0 Å². The third-order valence-corrected chi connectivity index (χ3v) is 3.98. The quantitative estimate of drug-likeness (QED) is 0.929. The fraction of sp³-hybridized carbons (Fsp3) is 0.467. The smallest absolute Gasteiger partial charge is 0.257 e. The highest BCUT2D eigenvalue weighted by Gasteiger charge is 2.28. The van der Waals surface area contributed by atoms with Gasteiger partial charge in [0.05, 0.1) is 18.9 Å². The number of methoxy groups -OCH3 is 1. The van der Waals surface area contributed by atoms with Crippen LogP contribution in [0.15, 0.2) is 18.6 Å². The zero-order valence-electron chi connectivity index (χ0n) is 12.7. The van der Waals surface area contributed by atoms with Gasteiger partial charge in [0.25, 0.3) is 5.91 Å². The number of aromatic amines is 1. The molecule has 2 aromatic heterocycles. The molecule has 1 fully saturated rings. The summed E-state index contributed by atoms with van der Waals surface area (Å²) in [4.78, 5) is 23.1. The second-order valence-corrected chi connectivity index (χ2v) is 5.49. The summed E-state index contributed by atoms with van der Waals surface area (Å²) in [7, 11) is 1.55. The monoisotopic (exact) mass is 301 g/mol. The van der Waals surface area contributed by atoms with Crippen LogP contribution >= 0.6 is 0 Å². The van der Waals surface area contributed by atoms with E-state index >= 15 is 0 Å². The predicted molar refractivity (Wildman–Crippen MR) is 79.8 cm³/mol. The molecule has 0 radical (unpaired) electrons. The first-order valence-corrected chi connectivity index (χ1v) is 7.34. The van der Waals surface area contributed by atoms with Crippen molar-refractivity contribution < 1.29 is 9.53 Å². The molecule has 0 saturated carbocycles. The van der Waals surface area contributed by atoms with E-state index in [9.17, 15) is 4.79 Å². The van der Waals surface area contributed by atoms with E-state index in [1.807, 2.05) is 11.8 Å². The number of carbonyl (C=O) groups excluding carboxylic acids is 1. The van der Waals surface area contributed by atoms with Gasteiger partial charge in [0.2, 0.25) is 0 Å². The molecule has 2 aromatic rings. The maximum atomic E-state index is 12.8. The van der Waals surface area contributed by atoms with Crippen LogP contribution in [-0.4, -0.2) is 51.2 Å². The van der Waals surface area contributed by atoms with E-state index in [-0.39, 0.29) is 11.8 Å². The normalized spacial score (nSPS) is 18.3. The first kappa shape index (κ1) is 14.5. The Balaban J connectivity index is 1.81. The average Bonchev–Trinajstić information content (AvgIpc) is 3.09. The molecule has 7 heteroatoms. The minimum atomic E-state index is -0.0217. The van der Waals surface area contributed by atoms with Gasteiger partial charge < -0.3 is 9.64 Å². The molecule has 1 aliphatic rings. The standard InChI is InChI=1S/C15H19N5O2/c1-10-6-12(13(22-2)7-16-10)15(21)20-5-3-4-11(8-20)14-17-9-18-19-14/h6-7,9,11H,3-5,8H2,1-2H3,(H,17,18,19). The van der Waals surface area contributed by atoms with Crippen LogP contribution in [0.2, 0.25) is 0 Å². The highest BCUT2D eigenvalue weighted by Crippen LogP contribution is 2.27. The minimum Gasteiger partial charge on any atom is -0.494 e. The summed E-state index contributed by atoms with van der Waals surface area (Å²) in [6.07, 6.45) is 5.06. The molecule has 0 aliphatic carbocycles. The van der Waals surface area contributed by atoms with Crippen LogP contribution in [0, 0.1) is 6.92 Å². The number of likely N-dealkylation sites (tertiary alicyclic amines) is 1. The van der Waals surface area contributed by atoms with Gasteiger partial charge >= 0.3 is 0 Å². The maximum Gasteiger partial charge on any atom is 0.257 e. The lowest BCUT2D eigenvalue weighted by Crippen LogP contribution is -2.39. The number of rotatable bonds is 3. The second kappa shape index (κ2) is 6.13. The molecule has 1 unspecified atom stereocenters. The molecule has 1 N–H and O–H groups in total. The number of nitrogens with one attached hydrogen (secondary N) is 1. The molecular formula is C15H19N5O2. The SMILES string of the molecule is COc1cnc(C)cc1C(=O)N1CCCC(c2ncn[nH]2)C1. The van der Waals surface area contributed by atoms with E-state index in [2.05, 4.69) is 20.2 Å². The predicted octanol–water partition coefficient (Wildman–Crippen LogP) is 1.54. The number of carbonyl (C=O) groups is 1. The molecular weight excluding hydrogens is 282 g/mol. The Hall–Kier alpha value is -2.44. The summed E-state index contributed by atoms with van der Waals surface area (Å²) in [6.45, 7) is 3.25. The number of hydrogen-bond donors (Lipinski definition) is 1. The lowest BCUT2D eigenvalue weighted by molar-refractivity contribution is 0.0701. The van der Waals surface area contributed by atoms with Crippen molar-refractivity contribution in [2.24, 2.45) is 0 Å². The van der Waals surface area contributed by atoms with Gasteiger partial charge in [-0.05, 0) is 25.8 Å². The molecule has 1 atom stereocenters. The van der Waals surface area contributed by atoms with Crippen molar-refractivity contribution in [3.63, 3.8) is 0 Å². The molecule has 116 valence electrons. The van der Waals surface area contributed by atoms with Gasteiger partial charge in [0, 0.05) is 24.7 Å². The van der Waals surface area contributed by atoms with Crippen molar-refractivity contribution in [3.05, 3.63) is 35.7 Å². The molecule has 3 rings (SSSR count). The molecule has 1 saturated heterocycles. The van der Waals surface area contributed by atoms with E-state index < -0.39 is 0 Å². The van der Waals surface area contributed by atoms with Crippen LogP contribution < -0.4 is 4.74 Å². The van der Waals surface area contributed by atoms with Gasteiger partial charge in [-0.1, -0.05) is 0 Å². The van der Waals surface area contributed by atoms with Gasteiger partial charge in [-0.15, -0.1) is 0 Å². The number of pyridine rings is 1. The molecule has 0 spiro atoms. The van der Waals surface area contributed by atoms with E-state index in [0.29, 0.717) is 17.9 Å². The molecule has 0 bridgehead atoms. The summed E-state index contributed by atoms with van der Waals surface area (Å²) in [5.41, 5.74) is 1.36. The van der Waals surface area contributed by atoms with Gasteiger partial charge in [0.1, 0.15) is 17.9 Å². The van der Waals surface area contributed by atoms with Crippen molar-refractivity contribution in [2.75, 3.05) is 20.2 Å². The van der Waals surface area contributed by atoms with Crippen LogP contribution in [-0.2, 0) is 0 Å². The van der Waals surface area contributed by atoms with E-state index in [1.54, 1.807) is 19.4 Å². The zero-order valence-corrected chi connectivity index (χ0v) is 12.7. The van der Waals surface area contributed by atoms with Crippen LogP contribution in [0.5, 0.6) is 5.75 Å². The number of aryl methyl sites for hydroxylation is 1. The molecule has 1 amide bonds.